The lowest BCUT2D eigenvalue weighted by atomic mass is 9.97. The number of urea groups is 1. The van der Waals surface area contributed by atoms with Crippen molar-refractivity contribution >= 4 is 11.9 Å². The Labute approximate surface area is 126 Å². The monoisotopic (exact) mass is 291 g/mol. The van der Waals surface area contributed by atoms with Gasteiger partial charge in [-0.05, 0) is 50.3 Å². The first-order chi connectivity index (χ1) is 9.90. The minimum atomic E-state index is -0.345. The molecule has 116 valence electrons. The predicted octanol–water partition coefficient (Wildman–Crippen LogP) is 1.72. The van der Waals surface area contributed by atoms with Crippen LogP contribution in [0.15, 0.2) is 12.1 Å². The molecule has 4 N–H and O–H groups in total. The van der Waals surface area contributed by atoms with Crippen LogP contribution in [0.3, 0.4) is 0 Å². The normalized spacial score (nSPS) is 10.2. The van der Waals surface area contributed by atoms with E-state index in [0.717, 1.165) is 6.42 Å². The Bertz CT molecular complexity index is 489. The van der Waals surface area contributed by atoms with Crippen LogP contribution >= 0.6 is 0 Å². The average Bonchev–Trinajstić information content (AvgIpc) is 2.37. The highest BCUT2D eigenvalue weighted by molar-refractivity contribution is 5.75. The lowest BCUT2D eigenvalue weighted by Gasteiger charge is -2.12. The summed E-state index contributed by atoms with van der Waals surface area (Å²) in [5.74, 6) is -0.345. The molecule has 21 heavy (non-hydrogen) atoms. The molecular formula is C16H25N3O2. The van der Waals surface area contributed by atoms with Crippen molar-refractivity contribution in [3.63, 3.8) is 0 Å². The second-order valence-electron chi connectivity index (χ2n) is 5.38. The topological polar surface area (TPSA) is 84.2 Å². The van der Waals surface area contributed by atoms with E-state index in [4.69, 9.17) is 5.73 Å². The van der Waals surface area contributed by atoms with Gasteiger partial charge < -0.3 is 16.4 Å². The third-order valence-corrected chi connectivity index (χ3v) is 3.39. The highest BCUT2D eigenvalue weighted by atomic mass is 16.2. The van der Waals surface area contributed by atoms with E-state index in [1.54, 1.807) is 0 Å². The van der Waals surface area contributed by atoms with Gasteiger partial charge in [-0.1, -0.05) is 17.7 Å². The standard InChI is InChI=1S/C16H25N3O2/c1-11-9-12(2)14(13(3)10-11)6-8-19-16(21)18-7-4-5-15(17)20/h9-10H,4-8H2,1-3H3,(H2,17,20)(H2,18,19,21). The van der Waals surface area contributed by atoms with E-state index in [1.165, 1.54) is 22.3 Å². The summed E-state index contributed by atoms with van der Waals surface area (Å²) in [7, 11) is 0. The summed E-state index contributed by atoms with van der Waals surface area (Å²) in [4.78, 5) is 22.1. The Balaban J connectivity index is 2.30. The van der Waals surface area contributed by atoms with Crippen molar-refractivity contribution in [2.24, 2.45) is 5.73 Å². The number of benzene rings is 1. The minimum absolute atomic E-state index is 0.207. The fraction of sp³-hybridized carbons (Fsp3) is 0.500. The van der Waals surface area contributed by atoms with E-state index in [0.29, 0.717) is 25.9 Å². The van der Waals surface area contributed by atoms with E-state index >= 15 is 0 Å². The first-order valence-corrected chi connectivity index (χ1v) is 7.27. The maximum absolute atomic E-state index is 11.6. The van der Waals surface area contributed by atoms with Gasteiger partial charge in [-0.2, -0.15) is 0 Å². The molecule has 0 bridgehead atoms. The predicted molar refractivity (Wildman–Crippen MR) is 84.2 cm³/mol. The van der Waals surface area contributed by atoms with Gasteiger partial charge in [-0.3, -0.25) is 4.79 Å². The molecule has 0 fully saturated rings. The van der Waals surface area contributed by atoms with Crippen molar-refractivity contribution in [3.05, 3.63) is 34.4 Å². The van der Waals surface area contributed by atoms with Gasteiger partial charge >= 0.3 is 6.03 Å². The van der Waals surface area contributed by atoms with Crippen molar-refractivity contribution in [1.82, 2.24) is 10.6 Å². The summed E-state index contributed by atoms with van der Waals surface area (Å²) in [6, 6.07) is 4.11. The van der Waals surface area contributed by atoms with Crippen LogP contribution in [0.1, 0.15) is 35.1 Å². The molecule has 0 spiro atoms. The molecule has 0 heterocycles. The first kappa shape index (κ1) is 17.0. The van der Waals surface area contributed by atoms with Crippen LogP contribution in [0, 0.1) is 20.8 Å². The summed E-state index contributed by atoms with van der Waals surface area (Å²) in [5.41, 5.74) is 10.1. The molecule has 5 heteroatoms. The molecule has 1 rings (SSSR count). The van der Waals surface area contributed by atoms with Crippen molar-refractivity contribution in [2.45, 2.75) is 40.0 Å². The van der Waals surface area contributed by atoms with Crippen molar-refractivity contribution in [3.8, 4) is 0 Å². The van der Waals surface area contributed by atoms with E-state index in [9.17, 15) is 9.59 Å². The number of nitrogens with two attached hydrogens (primary N) is 1. The number of nitrogens with one attached hydrogen (secondary N) is 2. The fourth-order valence-electron chi connectivity index (χ4n) is 2.43. The second kappa shape index (κ2) is 8.29. The third kappa shape index (κ3) is 6.29. The Morgan fingerprint density at radius 3 is 2.19 bits per heavy atom. The number of rotatable bonds is 7. The molecule has 0 aliphatic heterocycles. The van der Waals surface area contributed by atoms with E-state index in [-0.39, 0.29) is 11.9 Å². The van der Waals surface area contributed by atoms with Crippen LogP contribution in [0.25, 0.3) is 0 Å². The van der Waals surface area contributed by atoms with Crippen molar-refractivity contribution in [1.29, 1.82) is 0 Å². The van der Waals surface area contributed by atoms with Gasteiger partial charge in [0.15, 0.2) is 0 Å². The molecular weight excluding hydrogens is 266 g/mol. The van der Waals surface area contributed by atoms with Gasteiger partial charge in [0.1, 0.15) is 0 Å². The highest BCUT2D eigenvalue weighted by Crippen LogP contribution is 2.16. The van der Waals surface area contributed by atoms with Gasteiger partial charge in [0.2, 0.25) is 5.91 Å². The molecule has 3 amide bonds. The molecule has 1 aromatic rings. The van der Waals surface area contributed by atoms with Crippen molar-refractivity contribution in [2.75, 3.05) is 13.1 Å². The van der Waals surface area contributed by atoms with Gasteiger partial charge in [0.05, 0.1) is 0 Å². The van der Waals surface area contributed by atoms with Crippen LogP contribution in [-0.2, 0) is 11.2 Å². The zero-order valence-corrected chi connectivity index (χ0v) is 13.1. The third-order valence-electron chi connectivity index (χ3n) is 3.39. The number of aryl methyl sites for hydroxylation is 3. The first-order valence-electron chi connectivity index (χ1n) is 7.27. The van der Waals surface area contributed by atoms with E-state index in [1.807, 2.05) is 0 Å². The summed E-state index contributed by atoms with van der Waals surface area (Å²) in [5, 5.41) is 5.53. The van der Waals surface area contributed by atoms with Crippen molar-refractivity contribution < 1.29 is 9.59 Å². The summed E-state index contributed by atoms with van der Waals surface area (Å²) < 4.78 is 0. The van der Waals surface area contributed by atoms with Crippen LogP contribution in [0.2, 0.25) is 0 Å². The largest absolute Gasteiger partial charge is 0.370 e. The zero-order chi connectivity index (χ0) is 15.8. The summed E-state index contributed by atoms with van der Waals surface area (Å²) >= 11 is 0. The molecule has 1 aromatic carbocycles. The lowest BCUT2D eigenvalue weighted by molar-refractivity contribution is -0.118. The number of hydrogen-bond donors (Lipinski definition) is 3. The molecule has 0 aliphatic carbocycles. The van der Waals surface area contributed by atoms with Crippen LogP contribution in [0.5, 0.6) is 0 Å². The number of carbonyl (C=O) groups is 2. The molecule has 0 unspecified atom stereocenters. The highest BCUT2D eigenvalue weighted by Gasteiger charge is 2.05. The number of hydrogen-bond acceptors (Lipinski definition) is 2. The molecule has 5 nitrogen and oxygen atoms in total. The van der Waals surface area contributed by atoms with E-state index in [2.05, 4.69) is 43.5 Å². The van der Waals surface area contributed by atoms with Gasteiger partial charge in [0.25, 0.3) is 0 Å². The zero-order valence-electron chi connectivity index (χ0n) is 13.1. The van der Waals surface area contributed by atoms with Gasteiger partial charge in [0, 0.05) is 19.5 Å². The molecule has 0 atom stereocenters. The molecule has 0 saturated heterocycles. The minimum Gasteiger partial charge on any atom is -0.370 e. The second-order valence-corrected chi connectivity index (χ2v) is 5.38. The van der Waals surface area contributed by atoms with Crippen LogP contribution < -0.4 is 16.4 Å². The van der Waals surface area contributed by atoms with Gasteiger partial charge in [-0.15, -0.1) is 0 Å². The smallest absolute Gasteiger partial charge is 0.314 e. The Kier molecular flexibility index (Phi) is 6.72. The molecule has 0 radical (unpaired) electrons. The number of primary amides is 1. The van der Waals surface area contributed by atoms with E-state index < -0.39 is 0 Å². The SMILES string of the molecule is Cc1cc(C)c(CCNC(=O)NCCCC(N)=O)c(C)c1. The maximum atomic E-state index is 11.6. The summed E-state index contributed by atoms with van der Waals surface area (Å²) in [6.45, 7) is 7.32. The molecule has 0 saturated carbocycles. The fourth-order valence-corrected chi connectivity index (χ4v) is 2.43. The quantitative estimate of drug-likeness (QED) is 0.668. The Hall–Kier alpha value is -2.04. The average molecular weight is 291 g/mol. The maximum Gasteiger partial charge on any atom is 0.314 e. The Morgan fingerprint density at radius 1 is 1.05 bits per heavy atom. The number of amides is 3. The lowest BCUT2D eigenvalue weighted by Crippen LogP contribution is -2.37. The van der Waals surface area contributed by atoms with Gasteiger partial charge in [-0.25, -0.2) is 4.79 Å². The molecule has 0 aromatic heterocycles. The molecule has 0 aliphatic rings. The van der Waals surface area contributed by atoms with Crippen LogP contribution in [-0.4, -0.2) is 25.0 Å². The number of carbonyl (C=O) groups excluding carboxylic acids is 2. The Morgan fingerprint density at radius 2 is 1.62 bits per heavy atom. The van der Waals surface area contributed by atoms with Crippen LogP contribution in [0.4, 0.5) is 4.79 Å². The summed E-state index contributed by atoms with van der Waals surface area (Å²) in [6.07, 6.45) is 1.67.